The minimum absolute atomic E-state index is 0.0436. The molecular weight excluding hydrogens is 624 g/mol. The molecule has 2 aromatic rings. The Balaban J connectivity index is 1.46. The van der Waals surface area contributed by atoms with Crippen LogP contribution in [0, 0.1) is 24.2 Å². The number of carbonyl (C=O) groups excluding carboxylic acids is 4. The maximum absolute atomic E-state index is 15.1. The van der Waals surface area contributed by atoms with Crippen LogP contribution in [0.1, 0.15) is 97.6 Å². The molecule has 1 aliphatic carbocycles. The van der Waals surface area contributed by atoms with Gasteiger partial charge in [-0.05, 0) is 71.9 Å². The fourth-order valence-electron chi connectivity index (χ4n) is 7.21. The van der Waals surface area contributed by atoms with E-state index in [1.54, 1.807) is 34.6 Å². The van der Waals surface area contributed by atoms with Gasteiger partial charge in [0.25, 0.3) is 0 Å². The molecule has 262 valence electrons. The van der Waals surface area contributed by atoms with Crippen LogP contribution in [0.3, 0.4) is 0 Å². The third kappa shape index (κ3) is 8.29. The fourth-order valence-corrected chi connectivity index (χ4v) is 7.21. The Kier molecular flexibility index (Phi) is 10.4. The van der Waals surface area contributed by atoms with E-state index in [1.165, 1.54) is 4.90 Å². The summed E-state index contributed by atoms with van der Waals surface area (Å²) in [6, 6.07) is 6.36. The number of amides is 1. The van der Waals surface area contributed by atoms with Crippen LogP contribution in [0.4, 0.5) is 8.78 Å². The van der Waals surface area contributed by atoms with Crippen molar-refractivity contribution in [1.82, 2.24) is 14.9 Å². The zero-order valence-corrected chi connectivity index (χ0v) is 28.6. The highest BCUT2D eigenvalue weighted by molar-refractivity contribution is 5.95. The van der Waals surface area contributed by atoms with Crippen molar-refractivity contribution >= 4 is 34.7 Å². The lowest BCUT2D eigenvalue weighted by Gasteiger charge is -2.29. The topological polar surface area (TPSA) is 125 Å². The quantitative estimate of drug-likeness (QED) is 0.333. The molecule has 3 aliphatic rings. The highest BCUT2D eigenvalue weighted by Crippen LogP contribution is 2.61. The number of carbonyl (C=O) groups is 4. The van der Waals surface area contributed by atoms with E-state index in [1.807, 2.05) is 24.3 Å². The summed E-state index contributed by atoms with van der Waals surface area (Å²) in [5.41, 5.74) is -0.256. The van der Waals surface area contributed by atoms with E-state index in [-0.39, 0.29) is 64.0 Å². The van der Waals surface area contributed by atoms with Gasteiger partial charge in [-0.15, -0.1) is 0 Å². The van der Waals surface area contributed by atoms with Crippen LogP contribution >= 0.6 is 0 Å². The van der Waals surface area contributed by atoms with Crippen molar-refractivity contribution in [3.63, 3.8) is 0 Å². The Morgan fingerprint density at radius 1 is 1.04 bits per heavy atom. The average molecular weight is 672 g/mol. The molecular formula is C36H47F2N3O7. The van der Waals surface area contributed by atoms with Gasteiger partial charge in [-0.1, -0.05) is 25.0 Å². The standard InChI is InChI=1S/C36H47F2N3O7/c1-6-46-33(45)35-18-24(35)19-36(37,38)15-11-7-8-12-23(16-30(43)48-34(3,4)5)32(44)41-21-25(17-28(41)29(42)20-35)47-31-22(2)39-26-13-9-10-14-27(26)40-31/h9-10,13-14,23-25,28H,6-8,11-12,15-21H2,1-5H3/t23-,24+,25-,28+,35-/m1/s1. The van der Waals surface area contributed by atoms with Gasteiger partial charge < -0.3 is 19.1 Å². The molecule has 0 radical (unpaired) electrons. The van der Waals surface area contributed by atoms with Crippen molar-refractivity contribution in [2.75, 3.05) is 13.2 Å². The molecule has 2 saturated heterocycles. The number of hydrogen-bond donors (Lipinski definition) is 0. The van der Waals surface area contributed by atoms with E-state index in [2.05, 4.69) is 9.97 Å². The van der Waals surface area contributed by atoms with Gasteiger partial charge in [0.05, 0.1) is 42.1 Å². The van der Waals surface area contributed by atoms with E-state index in [4.69, 9.17) is 14.2 Å². The SMILES string of the molecule is CCOC(=O)[C@]12CC(=O)[C@@H]3C[C@@H](Oc4nc5ccccc5nc4C)CN3C(=O)[C@@H](CC(=O)OC(C)(C)C)CCCCCC(F)(F)C[C@@H]1C2. The number of ether oxygens (including phenoxy) is 3. The minimum atomic E-state index is -3.01. The number of hydrogen-bond acceptors (Lipinski definition) is 9. The van der Waals surface area contributed by atoms with Crippen LogP contribution in [0.5, 0.6) is 5.88 Å². The summed E-state index contributed by atoms with van der Waals surface area (Å²) >= 11 is 0. The van der Waals surface area contributed by atoms with E-state index < -0.39 is 71.0 Å². The number of alkyl halides is 2. The highest BCUT2D eigenvalue weighted by atomic mass is 19.3. The summed E-state index contributed by atoms with van der Waals surface area (Å²) in [4.78, 5) is 65.4. The van der Waals surface area contributed by atoms with Crippen molar-refractivity contribution in [2.45, 2.75) is 122 Å². The number of rotatable bonds is 6. The highest BCUT2D eigenvalue weighted by Gasteiger charge is 2.64. The zero-order valence-electron chi connectivity index (χ0n) is 28.6. The second-order valence-electron chi connectivity index (χ2n) is 14.7. The first-order valence-corrected chi connectivity index (χ1v) is 17.1. The Bertz CT molecular complexity index is 1540. The number of esters is 2. The molecule has 0 bridgehead atoms. The number of halogens is 2. The first-order chi connectivity index (χ1) is 22.6. The third-order valence-electron chi connectivity index (χ3n) is 9.62. The first kappa shape index (κ1) is 35.6. The molecule has 10 nitrogen and oxygen atoms in total. The third-order valence-corrected chi connectivity index (χ3v) is 9.62. The van der Waals surface area contributed by atoms with Crippen molar-refractivity contribution in [2.24, 2.45) is 17.3 Å². The molecule has 1 aromatic carbocycles. The van der Waals surface area contributed by atoms with Gasteiger partial charge in [0.1, 0.15) is 17.4 Å². The van der Waals surface area contributed by atoms with Crippen LogP contribution in [0.15, 0.2) is 24.3 Å². The number of aryl methyl sites for hydroxylation is 1. The number of para-hydroxylation sites is 2. The van der Waals surface area contributed by atoms with Crippen molar-refractivity contribution in [3.05, 3.63) is 30.0 Å². The van der Waals surface area contributed by atoms with Crippen molar-refractivity contribution in [3.8, 4) is 5.88 Å². The second kappa shape index (κ2) is 14.0. The normalized spacial score (nSPS) is 28.1. The van der Waals surface area contributed by atoms with Gasteiger partial charge in [-0.3, -0.25) is 19.2 Å². The largest absolute Gasteiger partial charge is 0.471 e. The Labute approximate surface area is 280 Å². The smallest absolute Gasteiger partial charge is 0.312 e. The fraction of sp³-hybridized carbons (Fsp3) is 0.667. The lowest BCUT2D eigenvalue weighted by molar-refractivity contribution is -0.159. The summed E-state index contributed by atoms with van der Waals surface area (Å²) in [6.07, 6.45) is -0.401. The summed E-state index contributed by atoms with van der Waals surface area (Å²) in [6.45, 7) is 8.72. The number of aromatic nitrogens is 2. The maximum Gasteiger partial charge on any atom is 0.312 e. The van der Waals surface area contributed by atoms with Crippen LogP contribution in [-0.4, -0.2) is 75.3 Å². The van der Waals surface area contributed by atoms with Crippen LogP contribution < -0.4 is 4.74 Å². The molecule has 3 heterocycles. The Morgan fingerprint density at radius 3 is 2.44 bits per heavy atom. The van der Waals surface area contributed by atoms with Crippen LogP contribution in [0.25, 0.3) is 11.0 Å². The number of benzene rings is 1. The van der Waals surface area contributed by atoms with Crippen molar-refractivity contribution < 1.29 is 42.2 Å². The van der Waals surface area contributed by atoms with Gasteiger partial charge in [-0.2, -0.15) is 0 Å². The van der Waals surface area contributed by atoms with Gasteiger partial charge in [0.2, 0.25) is 17.7 Å². The summed E-state index contributed by atoms with van der Waals surface area (Å²) in [7, 11) is 0. The predicted octanol–water partition coefficient (Wildman–Crippen LogP) is 6.15. The van der Waals surface area contributed by atoms with E-state index in [0.717, 1.165) is 0 Å². The molecule has 48 heavy (non-hydrogen) atoms. The molecule has 12 heteroatoms. The van der Waals surface area contributed by atoms with E-state index >= 15 is 8.78 Å². The molecule has 5 rings (SSSR count). The lowest BCUT2D eigenvalue weighted by atomic mass is 9.90. The lowest BCUT2D eigenvalue weighted by Crippen LogP contribution is -2.45. The molecule has 2 aliphatic heterocycles. The van der Waals surface area contributed by atoms with E-state index in [9.17, 15) is 19.2 Å². The van der Waals surface area contributed by atoms with Crippen LogP contribution in [0.2, 0.25) is 0 Å². The molecule has 0 unspecified atom stereocenters. The minimum Gasteiger partial charge on any atom is -0.471 e. The zero-order chi connectivity index (χ0) is 34.9. The average Bonchev–Trinajstić information content (AvgIpc) is 3.49. The van der Waals surface area contributed by atoms with E-state index in [0.29, 0.717) is 29.6 Å². The predicted molar refractivity (Wildman–Crippen MR) is 172 cm³/mol. The molecule has 5 atom stereocenters. The van der Waals surface area contributed by atoms with Gasteiger partial charge in [-0.25, -0.2) is 18.7 Å². The van der Waals surface area contributed by atoms with Gasteiger partial charge in [0, 0.05) is 31.6 Å². The molecule has 0 spiro atoms. The Morgan fingerprint density at radius 2 is 1.75 bits per heavy atom. The summed E-state index contributed by atoms with van der Waals surface area (Å²) in [5, 5.41) is 0. The van der Waals surface area contributed by atoms with Gasteiger partial charge >= 0.3 is 11.9 Å². The summed E-state index contributed by atoms with van der Waals surface area (Å²) in [5.74, 6) is -6.28. The number of fused-ring (bicyclic) bond motifs is 3. The molecule has 1 amide bonds. The Hall–Kier alpha value is -3.70. The number of nitrogens with zero attached hydrogens (tertiary/aromatic N) is 3. The maximum atomic E-state index is 15.1. The second-order valence-corrected chi connectivity index (χ2v) is 14.7. The van der Waals surface area contributed by atoms with Crippen molar-refractivity contribution in [1.29, 1.82) is 0 Å². The molecule has 3 fully saturated rings. The number of ketones is 1. The number of Topliss-reactive ketones (excluding diaryl/α,β-unsaturated/α-hetero) is 1. The first-order valence-electron chi connectivity index (χ1n) is 17.1. The summed E-state index contributed by atoms with van der Waals surface area (Å²) < 4.78 is 47.4. The van der Waals surface area contributed by atoms with Crippen LogP contribution in [-0.2, 0) is 28.7 Å². The molecule has 1 saturated carbocycles. The monoisotopic (exact) mass is 671 g/mol. The van der Waals surface area contributed by atoms with Gasteiger partial charge in [0.15, 0.2) is 5.78 Å². The molecule has 1 aromatic heterocycles. The molecule has 0 N–H and O–H groups in total.